The summed E-state index contributed by atoms with van der Waals surface area (Å²) < 4.78 is 5.37. The summed E-state index contributed by atoms with van der Waals surface area (Å²) in [5.41, 5.74) is 1.79. The summed E-state index contributed by atoms with van der Waals surface area (Å²) >= 11 is 5.23. The van der Waals surface area contributed by atoms with Gasteiger partial charge in [0.2, 0.25) is 0 Å². The molecule has 0 saturated heterocycles. The summed E-state index contributed by atoms with van der Waals surface area (Å²) in [6.45, 7) is 2.47. The number of anilines is 1. The highest BCUT2D eigenvalue weighted by molar-refractivity contribution is 7.80. The third kappa shape index (κ3) is 6.29. The third-order valence-electron chi connectivity index (χ3n) is 5.00. The Bertz CT molecular complexity index is 876. The Morgan fingerprint density at radius 2 is 1.53 bits per heavy atom. The molecule has 158 valence electrons. The molecule has 7 heteroatoms. The molecule has 30 heavy (non-hydrogen) atoms. The van der Waals surface area contributed by atoms with Gasteiger partial charge in [0.1, 0.15) is 5.75 Å². The van der Waals surface area contributed by atoms with Gasteiger partial charge in [0.05, 0.1) is 6.61 Å². The zero-order valence-corrected chi connectivity index (χ0v) is 17.9. The fourth-order valence-corrected chi connectivity index (χ4v) is 3.64. The summed E-state index contributed by atoms with van der Waals surface area (Å²) in [5.74, 6) is 0.348. The minimum Gasteiger partial charge on any atom is -0.494 e. The average Bonchev–Trinajstić information content (AvgIpc) is 2.75. The Morgan fingerprint density at radius 3 is 2.17 bits per heavy atom. The number of thiocarbonyl (C=S) groups is 1. The van der Waals surface area contributed by atoms with Crippen molar-refractivity contribution in [1.82, 2.24) is 10.6 Å². The molecule has 0 unspecified atom stereocenters. The minimum absolute atomic E-state index is 0.0557. The summed E-state index contributed by atoms with van der Waals surface area (Å²) in [5, 5.41) is 8.90. The summed E-state index contributed by atoms with van der Waals surface area (Å²) in [6.07, 6.45) is 5.70. The van der Waals surface area contributed by atoms with E-state index in [9.17, 15) is 9.59 Å². The molecule has 0 bridgehead atoms. The standard InChI is InChI=1S/C23H27N3O3S/c1-2-29-20-14-10-17(11-15-20)22(28)26-23(30)25-19-12-8-16(9-13-19)21(27)24-18-6-4-3-5-7-18/h8-15,18H,2-7H2,1H3,(H,24,27)(H2,25,26,28,30). The quantitative estimate of drug-likeness (QED) is 0.602. The zero-order valence-electron chi connectivity index (χ0n) is 17.1. The number of carbonyl (C=O) groups is 2. The average molecular weight is 426 g/mol. The molecular formula is C23H27N3O3S. The van der Waals surface area contributed by atoms with Crippen LogP contribution >= 0.6 is 12.2 Å². The fraction of sp³-hybridized carbons (Fsp3) is 0.348. The molecule has 3 rings (SSSR count). The molecule has 2 amide bonds. The first-order valence-corrected chi connectivity index (χ1v) is 10.7. The van der Waals surface area contributed by atoms with Crippen molar-refractivity contribution in [3.63, 3.8) is 0 Å². The minimum atomic E-state index is -0.306. The third-order valence-corrected chi connectivity index (χ3v) is 5.20. The topological polar surface area (TPSA) is 79.5 Å². The van der Waals surface area contributed by atoms with Crippen LogP contribution in [0.4, 0.5) is 5.69 Å². The van der Waals surface area contributed by atoms with Gasteiger partial charge in [0, 0.05) is 22.9 Å². The number of amides is 2. The lowest BCUT2D eigenvalue weighted by Gasteiger charge is -2.22. The molecule has 2 aromatic rings. The lowest BCUT2D eigenvalue weighted by atomic mass is 9.95. The van der Waals surface area contributed by atoms with Crippen molar-refractivity contribution >= 4 is 34.8 Å². The Morgan fingerprint density at radius 1 is 0.933 bits per heavy atom. The molecule has 0 radical (unpaired) electrons. The smallest absolute Gasteiger partial charge is 0.257 e. The van der Waals surface area contributed by atoms with Crippen molar-refractivity contribution in [1.29, 1.82) is 0 Å². The van der Waals surface area contributed by atoms with Crippen molar-refractivity contribution in [2.24, 2.45) is 0 Å². The van der Waals surface area contributed by atoms with E-state index in [4.69, 9.17) is 17.0 Å². The molecule has 0 aliphatic heterocycles. The molecule has 0 heterocycles. The maximum atomic E-state index is 12.4. The van der Waals surface area contributed by atoms with Gasteiger partial charge in [-0.05, 0) is 80.5 Å². The highest BCUT2D eigenvalue weighted by atomic mass is 32.1. The lowest BCUT2D eigenvalue weighted by Crippen LogP contribution is -2.36. The van der Waals surface area contributed by atoms with Gasteiger partial charge in [0.25, 0.3) is 11.8 Å². The van der Waals surface area contributed by atoms with Crippen LogP contribution in [0.5, 0.6) is 5.75 Å². The van der Waals surface area contributed by atoms with Gasteiger partial charge < -0.3 is 15.4 Å². The van der Waals surface area contributed by atoms with Crippen LogP contribution in [-0.4, -0.2) is 29.6 Å². The number of hydrogen-bond donors (Lipinski definition) is 3. The number of nitrogens with one attached hydrogen (secondary N) is 3. The first-order chi connectivity index (χ1) is 14.5. The lowest BCUT2D eigenvalue weighted by molar-refractivity contribution is 0.0926. The second-order valence-electron chi connectivity index (χ2n) is 7.25. The van der Waals surface area contributed by atoms with Gasteiger partial charge in [-0.2, -0.15) is 0 Å². The molecule has 1 aliphatic rings. The molecule has 1 aliphatic carbocycles. The van der Waals surface area contributed by atoms with Gasteiger partial charge in [0.15, 0.2) is 5.11 Å². The first-order valence-electron chi connectivity index (χ1n) is 10.3. The summed E-state index contributed by atoms with van der Waals surface area (Å²) in [7, 11) is 0. The second kappa shape index (κ2) is 10.7. The monoisotopic (exact) mass is 425 g/mol. The molecule has 3 N–H and O–H groups in total. The van der Waals surface area contributed by atoms with E-state index in [0.29, 0.717) is 29.2 Å². The molecule has 1 fully saturated rings. The van der Waals surface area contributed by atoms with Crippen molar-refractivity contribution in [2.45, 2.75) is 45.1 Å². The molecule has 0 aromatic heterocycles. The van der Waals surface area contributed by atoms with Crippen LogP contribution in [-0.2, 0) is 0 Å². The van der Waals surface area contributed by atoms with Crippen LogP contribution in [0, 0.1) is 0 Å². The zero-order chi connectivity index (χ0) is 21.3. The van der Waals surface area contributed by atoms with Crippen LogP contribution in [0.25, 0.3) is 0 Å². The van der Waals surface area contributed by atoms with Crippen LogP contribution < -0.4 is 20.7 Å². The van der Waals surface area contributed by atoms with E-state index >= 15 is 0 Å². The van der Waals surface area contributed by atoms with Crippen LogP contribution in [0.1, 0.15) is 59.7 Å². The van der Waals surface area contributed by atoms with Crippen molar-refractivity contribution in [2.75, 3.05) is 11.9 Å². The molecule has 1 saturated carbocycles. The second-order valence-corrected chi connectivity index (χ2v) is 7.66. The maximum Gasteiger partial charge on any atom is 0.257 e. The van der Waals surface area contributed by atoms with Gasteiger partial charge in [-0.3, -0.25) is 14.9 Å². The number of ether oxygens (including phenoxy) is 1. The van der Waals surface area contributed by atoms with Gasteiger partial charge >= 0.3 is 0 Å². The Balaban J connectivity index is 1.50. The van der Waals surface area contributed by atoms with E-state index in [2.05, 4.69) is 16.0 Å². The van der Waals surface area contributed by atoms with Crippen LogP contribution in [0.3, 0.4) is 0 Å². The molecule has 6 nitrogen and oxygen atoms in total. The molecular weight excluding hydrogens is 398 g/mol. The normalized spacial score (nSPS) is 13.9. The highest BCUT2D eigenvalue weighted by Gasteiger charge is 2.16. The van der Waals surface area contributed by atoms with Crippen molar-refractivity contribution in [3.8, 4) is 5.75 Å². The number of benzene rings is 2. The fourth-order valence-electron chi connectivity index (χ4n) is 3.43. The van der Waals surface area contributed by atoms with Crippen LogP contribution in [0.2, 0.25) is 0 Å². The predicted octanol–water partition coefficient (Wildman–Crippen LogP) is 4.27. The SMILES string of the molecule is CCOc1ccc(C(=O)NC(=S)Nc2ccc(C(=O)NC3CCCCC3)cc2)cc1. The Hall–Kier alpha value is -2.93. The Kier molecular flexibility index (Phi) is 7.79. The van der Waals surface area contributed by atoms with Crippen molar-refractivity contribution < 1.29 is 14.3 Å². The van der Waals surface area contributed by atoms with Gasteiger partial charge in [-0.25, -0.2) is 0 Å². The van der Waals surface area contributed by atoms with E-state index in [1.54, 1.807) is 48.5 Å². The number of hydrogen-bond acceptors (Lipinski definition) is 4. The maximum absolute atomic E-state index is 12.4. The van der Waals surface area contributed by atoms with Crippen molar-refractivity contribution in [3.05, 3.63) is 59.7 Å². The summed E-state index contributed by atoms with van der Waals surface area (Å²) in [4.78, 5) is 24.7. The molecule has 2 aromatic carbocycles. The van der Waals surface area contributed by atoms with Crippen LogP contribution in [0.15, 0.2) is 48.5 Å². The summed E-state index contributed by atoms with van der Waals surface area (Å²) in [6, 6.07) is 14.2. The van der Waals surface area contributed by atoms with Gasteiger partial charge in [-0.1, -0.05) is 19.3 Å². The van der Waals surface area contributed by atoms with E-state index in [1.165, 1.54) is 19.3 Å². The Labute approximate surface area is 182 Å². The highest BCUT2D eigenvalue weighted by Crippen LogP contribution is 2.18. The van der Waals surface area contributed by atoms with E-state index in [0.717, 1.165) is 12.8 Å². The predicted molar refractivity (Wildman–Crippen MR) is 122 cm³/mol. The molecule has 0 atom stereocenters. The van der Waals surface area contributed by atoms with E-state index in [-0.39, 0.29) is 23.0 Å². The first kappa shape index (κ1) is 21.8. The van der Waals surface area contributed by atoms with Gasteiger partial charge in [-0.15, -0.1) is 0 Å². The largest absolute Gasteiger partial charge is 0.494 e. The number of carbonyl (C=O) groups excluding carboxylic acids is 2. The molecule has 0 spiro atoms. The van der Waals surface area contributed by atoms with E-state index in [1.807, 2.05) is 6.92 Å². The number of rotatable bonds is 6. The van der Waals surface area contributed by atoms with E-state index < -0.39 is 0 Å².